The Balaban J connectivity index is 1.88. The monoisotopic (exact) mass is 375 g/mol. The molecule has 0 aliphatic heterocycles. The highest BCUT2D eigenvalue weighted by Crippen LogP contribution is 2.34. The molecule has 9 heteroatoms. The van der Waals surface area contributed by atoms with E-state index < -0.39 is 23.7 Å². The normalized spacial score (nSPS) is 12.4. The number of amides is 2. The van der Waals surface area contributed by atoms with Crippen molar-refractivity contribution in [2.45, 2.75) is 26.8 Å². The van der Waals surface area contributed by atoms with Crippen LogP contribution in [0.25, 0.3) is 11.0 Å². The van der Waals surface area contributed by atoms with Gasteiger partial charge in [-0.1, -0.05) is 13.8 Å². The molecule has 1 aromatic carbocycles. The molecule has 7 nitrogen and oxygen atoms in total. The number of aryl methyl sites for hydroxylation is 1. The summed E-state index contributed by atoms with van der Waals surface area (Å²) >= 11 is 0. The highest BCUT2D eigenvalue weighted by molar-refractivity contribution is 5.89. The number of nitrogens with two attached hydrogens (primary N) is 1. The predicted octanol–water partition coefficient (Wildman–Crippen LogP) is 3.91. The van der Waals surface area contributed by atoms with E-state index in [0.717, 1.165) is 6.07 Å². The summed E-state index contributed by atoms with van der Waals surface area (Å²) in [5, 5.41) is 5.71. The molecule has 0 bridgehead atoms. The van der Waals surface area contributed by atoms with Gasteiger partial charge in [0.1, 0.15) is 11.6 Å². The van der Waals surface area contributed by atoms with E-state index in [9.17, 15) is 13.6 Å². The molecular formula is C18H19F2N5O2. The van der Waals surface area contributed by atoms with E-state index in [-0.39, 0.29) is 17.4 Å². The van der Waals surface area contributed by atoms with E-state index in [2.05, 4.69) is 20.6 Å². The van der Waals surface area contributed by atoms with Gasteiger partial charge in [0, 0.05) is 17.0 Å². The lowest BCUT2D eigenvalue weighted by atomic mass is 9.98. The van der Waals surface area contributed by atoms with Crippen molar-refractivity contribution in [3.63, 3.8) is 0 Å². The second-order valence-corrected chi connectivity index (χ2v) is 6.51. The molecule has 1 unspecified atom stereocenters. The molecule has 3 aromatic rings. The van der Waals surface area contributed by atoms with Crippen LogP contribution in [0.5, 0.6) is 0 Å². The summed E-state index contributed by atoms with van der Waals surface area (Å²) in [6, 6.07) is 0.896. The minimum Gasteiger partial charge on any atom is -0.455 e. The highest BCUT2D eigenvalue weighted by Gasteiger charge is 2.26. The van der Waals surface area contributed by atoms with Gasteiger partial charge in [0.2, 0.25) is 5.95 Å². The molecule has 0 fully saturated rings. The third kappa shape index (κ3) is 3.81. The number of hydrogen-bond donors (Lipinski definition) is 3. The van der Waals surface area contributed by atoms with E-state index >= 15 is 0 Å². The third-order valence-electron chi connectivity index (χ3n) is 4.16. The first kappa shape index (κ1) is 18.6. The van der Waals surface area contributed by atoms with E-state index in [1.165, 1.54) is 18.5 Å². The standard InChI is InChI=1S/C18H19F2N5O2/c1-8(2)14(25-18(26)24-11-6-22-17(21)23-7-11)15-9(3)12-4-10(19)5-13(20)16(12)27-15/h4-8,14H,1-3H3,(H2,21,22,23)(H2,24,25,26). The van der Waals surface area contributed by atoms with E-state index in [0.29, 0.717) is 22.4 Å². The first-order chi connectivity index (χ1) is 12.8. The number of carbonyl (C=O) groups excluding carboxylic acids is 1. The van der Waals surface area contributed by atoms with Crippen molar-refractivity contribution in [2.75, 3.05) is 11.1 Å². The van der Waals surface area contributed by atoms with Gasteiger partial charge < -0.3 is 20.8 Å². The lowest BCUT2D eigenvalue weighted by Gasteiger charge is -2.21. The van der Waals surface area contributed by atoms with Gasteiger partial charge in [-0.2, -0.15) is 0 Å². The van der Waals surface area contributed by atoms with E-state index in [1.54, 1.807) is 6.92 Å². The Kier molecular flexibility index (Phi) is 4.93. The number of nitrogens with zero attached hydrogens (tertiary/aromatic N) is 2. The number of fused-ring (bicyclic) bond motifs is 1. The molecule has 0 aliphatic rings. The Morgan fingerprint density at radius 1 is 1.22 bits per heavy atom. The summed E-state index contributed by atoms with van der Waals surface area (Å²) in [5.74, 6) is -1.09. The number of nitrogens with one attached hydrogen (secondary N) is 2. The average molecular weight is 375 g/mol. The lowest BCUT2D eigenvalue weighted by molar-refractivity contribution is 0.241. The second-order valence-electron chi connectivity index (χ2n) is 6.51. The summed E-state index contributed by atoms with van der Waals surface area (Å²) in [4.78, 5) is 19.9. The number of aromatic nitrogens is 2. The fraction of sp³-hybridized carbons (Fsp3) is 0.278. The minimum atomic E-state index is -0.787. The number of nitrogen functional groups attached to an aromatic ring is 1. The van der Waals surface area contributed by atoms with Gasteiger partial charge in [0.05, 0.1) is 24.1 Å². The van der Waals surface area contributed by atoms with Gasteiger partial charge in [0.15, 0.2) is 11.4 Å². The summed E-state index contributed by atoms with van der Waals surface area (Å²) in [6.07, 6.45) is 2.74. The van der Waals surface area contributed by atoms with Crippen molar-refractivity contribution in [3.05, 3.63) is 47.5 Å². The number of halogens is 2. The zero-order chi connectivity index (χ0) is 19.7. The molecule has 0 radical (unpaired) electrons. The molecule has 27 heavy (non-hydrogen) atoms. The maximum atomic E-state index is 14.0. The summed E-state index contributed by atoms with van der Waals surface area (Å²) < 4.78 is 33.2. The van der Waals surface area contributed by atoms with Crippen molar-refractivity contribution in [2.24, 2.45) is 5.92 Å². The molecule has 0 saturated carbocycles. The largest absolute Gasteiger partial charge is 0.455 e. The van der Waals surface area contributed by atoms with Crippen LogP contribution in [0.4, 0.5) is 25.2 Å². The zero-order valence-electron chi connectivity index (χ0n) is 15.0. The van der Waals surface area contributed by atoms with Crippen molar-refractivity contribution >= 4 is 28.6 Å². The Morgan fingerprint density at radius 3 is 2.52 bits per heavy atom. The van der Waals surface area contributed by atoms with Crippen molar-refractivity contribution < 1.29 is 18.0 Å². The third-order valence-corrected chi connectivity index (χ3v) is 4.16. The molecule has 0 spiro atoms. The number of benzene rings is 1. The molecule has 4 N–H and O–H groups in total. The Labute approximate surface area is 154 Å². The van der Waals surface area contributed by atoms with Crippen LogP contribution in [0.1, 0.15) is 31.2 Å². The van der Waals surface area contributed by atoms with Crippen LogP contribution in [-0.2, 0) is 0 Å². The molecule has 0 saturated heterocycles. The smallest absolute Gasteiger partial charge is 0.319 e. The van der Waals surface area contributed by atoms with E-state index in [4.69, 9.17) is 10.2 Å². The number of furan rings is 1. The average Bonchev–Trinajstić information content (AvgIpc) is 2.92. The lowest BCUT2D eigenvalue weighted by Crippen LogP contribution is -2.35. The predicted molar refractivity (Wildman–Crippen MR) is 97.0 cm³/mol. The van der Waals surface area contributed by atoms with Crippen LogP contribution < -0.4 is 16.4 Å². The number of urea groups is 1. The van der Waals surface area contributed by atoms with Crippen LogP contribution in [0.3, 0.4) is 0 Å². The van der Waals surface area contributed by atoms with Gasteiger partial charge in [-0.3, -0.25) is 0 Å². The summed E-state index contributed by atoms with van der Waals surface area (Å²) in [5.41, 5.74) is 6.30. The number of anilines is 2. The number of carbonyl (C=O) groups is 1. The van der Waals surface area contributed by atoms with Gasteiger partial charge in [-0.15, -0.1) is 0 Å². The highest BCUT2D eigenvalue weighted by atomic mass is 19.1. The fourth-order valence-corrected chi connectivity index (χ4v) is 2.80. The number of rotatable bonds is 4. The molecule has 2 amide bonds. The summed E-state index contributed by atoms with van der Waals surface area (Å²) in [7, 11) is 0. The molecule has 1 atom stereocenters. The quantitative estimate of drug-likeness (QED) is 0.641. The first-order valence-corrected chi connectivity index (χ1v) is 8.29. The van der Waals surface area contributed by atoms with Gasteiger partial charge in [0.25, 0.3) is 0 Å². The molecular weight excluding hydrogens is 356 g/mol. The topological polar surface area (TPSA) is 106 Å². The first-order valence-electron chi connectivity index (χ1n) is 8.29. The Bertz CT molecular complexity index is 986. The van der Waals surface area contributed by atoms with Crippen LogP contribution in [0.15, 0.2) is 28.9 Å². The van der Waals surface area contributed by atoms with Crippen LogP contribution in [-0.4, -0.2) is 16.0 Å². The molecule has 2 heterocycles. The van der Waals surface area contributed by atoms with Gasteiger partial charge in [-0.25, -0.2) is 23.5 Å². The molecule has 3 rings (SSSR count). The SMILES string of the molecule is Cc1c(C(NC(=O)Nc2cnc(N)nc2)C(C)C)oc2c(F)cc(F)cc12. The fourth-order valence-electron chi connectivity index (χ4n) is 2.80. The molecule has 0 aliphatic carbocycles. The molecule has 2 aromatic heterocycles. The maximum Gasteiger partial charge on any atom is 0.319 e. The van der Waals surface area contributed by atoms with Crippen LogP contribution in [0, 0.1) is 24.5 Å². The number of hydrogen-bond acceptors (Lipinski definition) is 5. The maximum absolute atomic E-state index is 14.0. The van der Waals surface area contributed by atoms with Crippen molar-refractivity contribution in [3.8, 4) is 0 Å². The van der Waals surface area contributed by atoms with Crippen molar-refractivity contribution in [1.82, 2.24) is 15.3 Å². The van der Waals surface area contributed by atoms with E-state index in [1.807, 2.05) is 13.8 Å². The van der Waals surface area contributed by atoms with Crippen LogP contribution in [0.2, 0.25) is 0 Å². The summed E-state index contributed by atoms with van der Waals surface area (Å²) in [6.45, 7) is 5.45. The second kappa shape index (κ2) is 7.18. The Hall–Kier alpha value is -3.23. The Morgan fingerprint density at radius 2 is 1.89 bits per heavy atom. The molecule has 142 valence electrons. The van der Waals surface area contributed by atoms with Crippen molar-refractivity contribution in [1.29, 1.82) is 0 Å². The van der Waals surface area contributed by atoms with Gasteiger partial charge in [-0.05, 0) is 18.9 Å². The van der Waals surface area contributed by atoms with Gasteiger partial charge >= 0.3 is 6.03 Å². The zero-order valence-corrected chi connectivity index (χ0v) is 15.0. The minimum absolute atomic E-state index is 0.0382. The van der Waals surface area contributed by atoms with Crippen LogP contribution >= 0.6 is 0 Å².